The molecule has 0 atom stereocenters. The number of aliphatic hydroxyl groups is 1. The number of carbonyl (C=O) groups is 2. The van der Waals surface area contributed by atoms with Crippen LogP contribution in [0.3, 0.4) is 0 Å². The highest BCUT2D eigenvalue weighted by Gasteiger charge is 2.28. The van der Waals surface area contributed by atoms with Crippen molar-refractivity contribution < 1.29 is 27.9 Å². The van der Waals surface area contributed by atoms with Crippen LogP contribution in [0, 0.1) is 0 Å². The van der Waals surface area contributed by atoms with Crippen LogP contribution in [0.15, 0.2) is 30.1 Å². The minimum absolute atomic E-state index is 0.00269. The zero-order valence-corrected chi connectivity index (χ0v) is 15.8. The smallest absolute Gasteiger partial charge is 0.396 e. The van der Waals surface area contributed by atoms with Crippen LogP contribution < -0.4 is 21.7 Å². The first-order chi connectivity index (χ1) is 13.7. The lowest BCUT2D eigenvalue weighted by molar-refractivity contribution is -0.123. The molecule has 6 N–H and O–H groups in total. The minimum Gasteiger partial charge on any atom is -0.396 e. The number of alkyl halides is 3. The quantitative estimate of drug-likeness (QED) is 0.296. The van der Waals surface area contributed by atoms with E-state index in [9.17, 15) is 22.8 Å². The van der Waals surface area contributed by atoms with E-state index in [1.54, 1.807) is 6.07 Å². The number of amides is 2. The number of anilines is 1. The fourth-order valence-corrected chi connectivity index (χ4v) is 2.51. The molecule has 1 aliphatic rings. The van der Waals surface area contributed by atoms with E-state index in [0.717, 1.165) is 12.8 Å². The summed E-state index contributed by atoms with van der Waals surface area (Å²) in [6, 6.07) is 4.58. The number of carbonyl (C=O) groups excluding carboxylic acids is 2. The van der Waals surface area contributed by atoms with Gasteiger partial charge in [-0.15, -0.1) is 0 Å². The Morgan fingerprint density at radius 2 is 1.97 bits per heavy atom. The van der Waals surface area contributed by atoms with Gasteiger partial charge in [-0.2, -0.15) is 13.2 Å². The monoisotopic (exact) mass is 414 g/mol. The summed E-state index contributed by atoms with van der Waals surface area (Å²) in [5.41, 5.74) is 7.05. The van der Waals surface area contributed by atoms with Crippen molar-refractivity contribution in [3.05, 3.63) is 41.2 Å². The molecule has 1 aliphatic carbocycles. The lowest BCUT2D eigenvalue weighted by atomic mass is 10.0. The summed E-state index contributed by atoms with van der Waals surface area (Å²) in [5, 5.41) is 16.5. The third-order valence-corrected chi connectivity index (χ3v) is 4.23. The Balaban J connectivity index is 2.10. The van der Waals surface area contributed by atoms with Crippen molar-refractivity contribution in [3.63, 3.8) is 0 Å². The molecule has 0 bridgehead atoms. The van der Waals surface area contributed by atoms with Crippen molar-refractivity contribution in [2.24, 2.45) is 5.73 Å². The van der Waals surface area contributed by atoms with Crippen LogP contribution >= 0.6 is 0 Å². The maximum absolute atomic E-state index is 12.3. The third kappa shape index (κ3) is 8.02. The van der Waals surface area contributed by atoms with Crippen molar-refractivity contribution in [3.8, 4) is 0 Å². The van der Waals surface area contributed by atoms with Gasteiger partial charge in [-0.25, -0.2) is 0 Å². The largest absolute Gasteiger partial charge is 0.405 e. The highest BCUT2D eigenvalue weighted by molar-refractivity contribution is 5.95. The molecule has 160 valence electrons. The molecule has 29 heavy (non-hydrogen) atoms. The standard InChI is InChI=1S/C19H25F3N4O3/c20-19(21,22)11-25-17(28)13-4-7-16(12(9-13)3-1-2-8-27)24-10-15(23)18(29)26-14-5-6-14/h4,7,9-10,14,24,27H,1-3,5-6,8,11,23H2,(H,25,28)(H,26,29)/b15-10-. The first-order valence-electron chi connectivity index (χ1n) is 9.31. The zero-order valence-electron chi connectivity index (χ0n) is 15.8. The summed E-state index contributed by atoms with van der Waals surface area (Å²) in [6.45, 7) is -1.41. The van der Waals surface area contributed by atoms with Crippen LogP contribution in [0.5, 0.6) is 0 Å². The number of halogens is 3. The van der Waals surface area contributed by atoms with E-state index in [2.05, 4.69) is 10.6 Å². The lowest BCUT2D eigenvalue weighted by Gasteiger charge is -2.13. The van der Waals surface area contributed by atoms with Gasteiger partial charge in [-0.1, -0.05) is 0 Å². The molecule has 0 aromatic heterocycles. The number of hydrogen-bond donors (Lipinski definition) is 5. The molecule has 1 aromatic rings. The highest BCUT2D eigenvalue weighted by Crippen LogP contribution is 2.22. The maximum atomic E-state index is 12.3. The minimum atomic E-state index is -4.50. The predicted molar refractivity (Wildman–Crippen MR) is 102 cm³/mol. The van der Waals surface area contributed by atoms with E-state index in [4.69, 9.17) is 10.8 Å². The summed E-state index contributed by atoms with van der Waals surface area (Å²) in [7, 11) is 0. The van der Waals surface area contributed by atoms with Crippen LogP contribution in [0.4, 0.5) is 18.9 Å². The van der Waals surface area contributed by atoms with Gasteiger partial charge >= 0.3 is 6.18 Å². The number of nitrogens with one attached hydrogen (secondary N) is 3. The topological polar surface area (TPSA) is 116 Å². The molecule has 1 fully saturated rings. The number of aliphatic hydroxyl groups excluding tert-OH is 1. The second-order valence-corrected chi connectivity index (χ2v) is 6.84. The molecule has 0 aliphatic heterocycles. The van der Waals surface area contributed by atoms with E-state index in [-0.39, 0.29) is 29.8 Å². The van der Waals surface area contributed by atoms with Gasteiger partial charge in [0, 0.05) is 30.1 Å². The maximum Gasteiger partial charge on any atom is 0.405 e. The van der Waals surface area contributed by atoms with Gasteiger partial charge in [0.1, 0.15) is 12.2 Å². The van der Waals surface area contributed by atoms with Crippen LogP contribution in [-0.2, 0) is 11.2 Å². The van der Waals surface area contributed by atoms with Gasteiger partial charge in [-0.3, -0.25) is 9.59 Å². The summed E-state index contributed by atoms with van der Waals surface area (Å²) < 4.78 is 36.9. The molecule has 2 amide bonds. The fraction of sp³-hybridized carbons (Fsp3) is 0.474. The lowest BCUT2D eigenvalue weighted by Crippen LogP contribution is -2.33. The van der Waals surface area contributed by atoms with Gasteiger partial charge in [-0.05, 0) is 55.9 Å². The van der Waals surface area contributed by atoms with Crippen LogP contribution in [0.2, 0.25) is 0 Å². The first kappa shape index (κ1) is 22.5. The Bertz CT molecular complexity index is 762. The summed E-state index contributed by atoms with van der Waals surface area (Å²) in [4.78, 5) is 23.9. The number of aryl methyl sites for hydroxylation is 1. The third-order valence-electron chi connectivity index (χ3n) is 4.23. The van der Waals surface area contributed by atoms with Gasteiger partial charge in [0.05, 0.1) is 0 Å². The second-order valence-electron chi connectivity index (χ2n) is 6.84. The first-order valence-corrected chi connectivity index (χ1v) is 9.31. The molecule has 0 radical (unpaired) electrons. The fourth-order valence-electron chi connectivity index (χ4n) is 2.51. The number of benzene rings is 1. The Labute approximate surface area is 166 Å². The Kier molecular flexibility index (Phi) is 7.89. The molecular weight excluding hydrogens is 389 g/mol. The number of hydrogen-bond acceptors (Lipinski definition) is 5. The van der Waals surface area contributed by atoms with Crippen molar-refractivity contribution >= 4 is 17.5 Å². The van der Waals surface area contributed by atoms with Gasteiger partial charge in [0.15, 0.2) is 0 Å². The van der Waals surface area contributed by atoms with Gasteiger partial charge in [0.25, 0.3) is 11.8 Å². The Morgan fingerprint density at radius 3 is 2.59 bits per heavy atom. The van der Waals surface area contributed by atoms with Crippen LogP contribution in [0.1, 0.15) is 41.6 Å². The molecule has 1 aromatic carbocycles. The molecular formula is C19H25F3N4O3. The normalized spacial score (nSPS) is 14.4. The van der Waals surface area contributed by atoms with E-state index in [1.807, 2.05) is 5.32 Å². The zero-order chi connectivity index (χ0) is 21.4. The number of rotatable bonds is 10. The van der Waals surface area contributed by atoms with E-state index in [0.29, 0.717) is 30.5 Å². The van der Waals surface area contributed by atoms with Crippen LogP contribution in [-0.4, -0.2) is 42.3 Å². The summed E-state index contributed by atoms with van der Waals surface area (Å²) in [6.07, 6.45) is 0.326. The Morgan fingerprint density at radius 1 is 1.24 bits per heavy atom. The second kappa shape index (κ2) is 10.1. The van der Waals surface area contributed by atoms with Crippen molar-refractivity contribution in [1.82, 2.24) is 10.6 Å². The highest BCUT2D eigenvalue weighted by atomic mass is 19.4. The summed E-state index contributed by atoms with van der Waals surface area (Å²) in [5.74, 6) is -1.22. The molecule has 10 heteroatoms. The number of nitrogens with two attached hydrogens (primary N) is 1. The van der Waals surface area contributed by atoms with E-state index < -0.39 is 18.6 Å². The molecule has 0 heterocycles. The molecule has 0 spiro atoms. The Hall–Kier alpha value is -2.75. The van der Waals surface area contributed by atoms with E-state index in [1.165, 1.54) is 18.3 Å². The van der Waals surface area contributed by atoms with Crippen molar-refractivity contribution in [2.75, 3.05) is 18.5 Å². The molecule has 2 rings (SSSR count). The molecule has 7 nitrogen and oxygen atoms in total. The van der Waals surface area contributed by atoms with Gasteiger partial charge < -0.3 is 26.8 Å². The van der Waals surface area contributed by atoms with Crippen molar-refractivity contribution in [2.45, 2.75) is 44.3 Å². The van der Waals surface area contributed by atoms with Gasteiger partial charge in [0.2, 0.25) is 0 Å². The average molecular weight is 414 g/mol. The number of unbranched alkanes of at least 4 members (excludes halogenated alkanes) is 1. The molecule has 1 saturated carbocycles. The van der Waals surface area contributed by atoms with Crippen molar-refractivity contribution in [1.29, 1.82) is 0 Å². The van der Waals surface area contributed by atoms with Crippen LogP contribution in [0.25, 0.3) is 0 Å². The molecule has 0 unspecified atom stereocenters. The SMILES string of the molecule is N/C(=C\Nc1ccc(C(=O)NCC(F)(F)F)cc1CCCCO)C(=O)NC1CC1. The predicted octanol–water partition coefficient (Wildman–Crippen LogP) is 1.78. The average Bonchev–Trinajstić information content (AvgIpc) is 3.48. The summed E-state index contributed by atoms with van der Waals surface area (Å²) >= 11 is 0. The molecule has 0 saturated heterocycles. The van der Waals surface area contributed by atoms with E-state index >= 15 is 0 Å².